The highest BCUT2D eigenvalue weighted by molar-refractivity contribution is 6.42. The quantitative estimate of drug-likeness (QED) is 0.559. The summed E-state index contributed by atoms with van der Waals surface area (Å²) in [7, 11) is 0. The molecule has 1 amide bonds. The monoisotopic (exact) mass is 538 g/mol. The summed E-state index contributed by atoms with van der Waals surface area (Å²) in [6.45, 7) is 0.800. The van der Waals surface area contributed by atoms with E-state index >= 15 is 0 Å². The molecule has 1 aromatic carbocycles. The summed E-state index contributed by atoms with van der Waals surface area (Å²) in [4.78, 5) is 41.8. The molecular weight excluding hydrogens is 520 g/mol. The number of carbonyl (C=O) groups excluding carboxylic acids is 2. The molecule has 1 N–H and O–H groups in total. The average Bonchev–Trinajstić information content (AvgIpc) is 2.78. The van der Waals surface area contributed by atoms with Crippen LogP contribution in [0.2, 0.25) is 10.0 Å². The molecule has 190 valence electrons. The van der Waals surface area contributed by atoms with E-state index in [1.165, 1.54) is 0 Å². The normalized spacial score (nSPS) is 16.7. The van der Waals surface area contributed by atoms with Crippen LogP contribution < -0.4 is 5.43 Å². The summed E-state index contributed by atoms with van der Waals surface area (Å²) in [5, 5.41) is 10.2. The molecule has 0 radical (unpaired) electrons. The number of hydrogen-bond donors (Lipinski definition) is 1. The van der Waals surface area contributed by atoms with Crippen molar-refractivity contribution in [1.82, 2.24) is 9.96 Å². The van der Waals surface area contributed by atoms with E-state index in [0.29, 0.717) is 29.4 Å². The SMILES string of the molecule is O=C(Cc1cc(=O)c(O)co1)N(CC1CN(Cc2ccc(Cl)c(Cl)c2)CCO1)OC(=O)C(F)(F)F. The maximum Gasteiger partial charge on any atom is 0.493 e. The Morgan fingerprint density at radius 2 is 1.97 bits per heavy atom. The van der Waals surface area contributed by atoms with Crippen LogP contribution in [0.25, 0.3) is 0 Å². The van der Waals surface area contributed by atoms with Crippen molar-refractivity contribution in [2.45, 2.75) is 25.2 Å². The molecule has 14 heteroatoms. The second-order valence-electron chi connectivity index (χ2n) is 7.58. The number of hydroxylamine groups is 2. The van der Waals surface area contributed by atoms with E-state index in [0.717, 1.165) is 11.6 Å². The molecule has 9 nitrogen and oxygen atoms in total. The fourth-order valence-electron chi connectivity index (χ4n) is 3.23. The topological polar surface area (TPSA) is 110 Å². The molecular formula is C21H19Cl2F3N2O7. The molecule has 1 unspecified atom stereocenters. The van der Waals surface area contributed by atoms with E-state index in [4.69, 9.17) is 32.4 Å². The largest absolute Gasteiger partial charge is 0.502 e. The minimum atomic E-state index is -5.35. The molecule has 2 heterocycles. The number of ether oxygens (including phenoxy) is 1. The van der Waals surface area contributed by atoms with Gasteiger partial charge in [-0.3, -0.25) is 14.5 Å². The zero-order valence-electron chi connectivity index (χ0n) is 17.9. The summed E-state index contributed by atoms with van der Waals surface area (Å²) >= 11 is 12.0. The molecule has 3 rings (SSSR count). The molecule has 1 fully saturated rings. The Balaban J connectivity index is 1.70. The van der Waals surface area contributed by atoms with Crippen LogP contribution in [0.3, 0.4) is 0 Å². The van der Waals surface area contributed by atoms with Crippen molar-refractivity contribution in [2.75, 3.05) is 26.2 Å². The Morgan fingerprint density at radius 1 is 1.23 bits per heavy atom. The first kappa shape index (κ1) is 26.8. The zero-order valence-corrected chi connectivity index (χ0v) is 19.4. The molecule has 1 saturated heterocycles. The van der Waals surface area contributed by atoms with Gasteiger partial charge in [0.05, 0.1) is 35.7 Å². The highest BCUT2D eigenvalue weighted by atomic mass is 35.5. The van der Waals surface area contributed by atoms with Gasteiger partial charge in [-0.2, -0.15) is 18.2 Å². The number of halogens is 5. The van der Waals surface area contributed by atoms with Gasteiger partial charge in [0, 0.05) is 25.7 Å². The predicted molar refractivity (Wildman–Crippen MR) is 116 cm³/mol. The standard InChI is InChI=1S/C21H19Cl2F3N2O7/c22-15-2-1-12(5-16(15)23)8-27-3-4-33-14(9-27)10-28(35-20(32)21(24,25)26)19(31)7-13-6-17(29)18(30)11-34-13/h1-2,5-6,11,14,30H,3-4,7-10H2. The van der Waals surface area contributed by atoms with Crippen LogP contribution in [-0.4, -0.2) is 65.5 Å². The van der Waals surface area contributed by atoms with Crippen molar-refractivity contribution >= 4 is 35.1 Å². The van der Waals surface area contributed by atoms with E-state index in [1.54, 1.807) is 18.2 Å². The molecule has 1 atom stereocenters. The first-order valence-corrected chi connectivity index (χ1v) is 10.9. The molecule has 1 aromatic heterocycles. The minimum Gasteiger partial charge on any atom is -0.502 e. The number of nitrogens with zero attached hydrogens (tertiary/aromatic N) is 2. The fourth-order valence-corrected chi connectivity index (χ4v) is 3.55. The smallest absolute Gasteiger partial charge is 0.493 e. The van der Waals surface area contributed by atoms with Crippen LogP contribution in [0, 0.1) is 0 Å². The molecule has 1 aliphatic rings. The molecule has 0 saturated carbocycles. The van der Waals surface area contributed by atoms with Gasteiger partial charge in [0.2, 0.25) is 5.43 Å². The highest BCUT2D eigenvalue weighted by Gasteiger charge is 2.44. The number of benzene rings is 1. The molecule has 1 aliphatic heterocycles. The van der Waals surface area contributed by atoms with Crippen molar-refractivity contribution in [3.63, 3.8) is 0 Å². The predicted octanol–water partition coefficient (Wildman–Crippen LogP) is 2.94. The van der Waals surface area contributed by atoms with E-state index in [1.807, 2.05) is 4.90 Å². The zero-order chi connectivity index (χ0) is 25.8. The van der Waals surface area contributed by atoms with Crippen LogP contribution in [0.4, 0.5) is 13.2 Å². The summed E-state index contributed by atoms with van der Waals surface area (Å²) in [5.41, 5.74) is -0.0229. The van der Waals surface area contributed by atoms with Gasteiger partial charge in [0.25, 0.3) is 5.91 Å². The third kappa shape index (κ3) is 7.59. The van der Waals surface area contributed by atoms with Gasteiger partial charge in [-0.15, -0.1) is 0 Å². The lowest BCUT2D eigenvalue weighted by atomic mass is 10.2. The number of alkyl halides is 3. The maximum absolute atomic E-state index is 12.8. The lowest BCUT2D eigenvalue weighted by Gasteiger charge is -2.35. The van der Waals surface area contributed by atoms with E-state index < -0.39 is 48.3 Å². The Kier molecular flexibility index (Phi) is 8.65. The van der Waals surface area contributed by atoms with Gasteiger partial charge in [0.1, 0.15) is 12.0 Å². The Morgan fingerprint density at radius 3 is 2.63 bits per heavy atom. The van der Waals surface area contributed by atoms with Crippen LogP contribution >= 0.6 is 23.2 Å². The Bertz CT molecular complexity index is 1140. The van der Waals surface area contributed by atoms with Crippen LogP contribution in [0.15, 0.2) is 39.7 Å². The Hall–Kier alpha value is -2.80. The van der Waals surface area contributed by atoms with Crippen molar-refractivity contribution < 1.29 is 41.9 Å². The molecule has 0 bridgehead atoms. The van der Waals surface area contributed by atoms with Gasteiger partial charge < -0.3 is 19.1 Å². The lowest BCUT2D eigenvalue weighted by molar-refractivity contribution is -0.241. The molecule has 0 spiro atoms. The second-order valence-corrected chi connectivity index (χ2v) is 8.39. The molecule has 35 heavy (non-hydrogen) atoms. The van der Waals surface area contributed by atoms with Crippen molar-refractivity contribution in [1.29, 1.82) is 0 Å². The fraction of sp³-hybridized carbons (Fsp3) is 0.381. The first-order chi connectivity index (χ1) is 16.4. The van der Waals surface area contributed by atoms with Gasteiger partial charge in [-0.25, -0.2) is 4.79 Å². The average molecular weight is 539 g/mol. The summed E-state index contributed by atoms with van der Waals surface area (Å²) < 4.78 is 48.8. The van der Waals surface area contributed by atoms with E-state index in [-0.39, 0.29) is 24.0 Å². The van der Waals surface area contributed by atoms with Crippen LogP contribution in [0.5, 0.6) is 5.75 Å². The highest BCUT2D eigenvalue weighted by Crippen LogP contribution is 2.24. The van der Waals surface area contributed by atoms with Crippen molar-refractivity contribution in [3.8, 4) is 5.75 Å². The van der Waals surface area contributed by atoms with Gasteiger partial charge in [0.15, 0.2) is 5.75 Å². The van der Waals surface area contributed by atoms with Gasteiger partial charge in [-0.05, 0) is 17.7 Å². The van der Waals surface area contributed by atoms with Crippen molar-refractivity contribution in [3.05, 3.63) is 62.1 Å². The third-order valence-electron chi connectivity index (χ3n) is 4.88. The van der Waals surface area contributed by atoms with E-state index in [9.17, 15) is 32.7 Å². The maximum atomic E-state index is 12.8. The lowest BCUT2D eigenvalue weighted by Crippen LogP contribution is -2.50. The number of hydrogen-bond acceptors (Lipinski definition) is 8. The minimum absolute atomic E-state index is 0.196. The van der Waals surface area contributed by atoms with E-state index in [2.05, 4.69) is 4.84 Å². The molecule has 2 aromatic rings. The third-order valence-corrected chi connectivity index (χ3v) is 5.62. The summed E-state index contributed by atoms with van der Waals surface area (Å²) in [6, 6.07) is 5.88. The number of carbonyl (C=O) groups is 2. The summed E-state index contributed by atoms with van der Waals surface area (Å²) in [6.07, 6.45) is -6.18. The van der Waals surface area contributed by atoms with Crippen LogP contribution in [-0.2, 0) is 32.1 Å². The first-order valence-electron chi connectivity index (χ1n) is 10.1. The number of rotatable bonds is 6. The van der Waals surface area contributed by atoms with Crippen molar-refractivity contribution in [2.24, 2.45) is 0 Å². The number of aromatic hydroxyl groups is 1. The molecule has 0 aliphatic carbocycles. The van der Waals surface area contributed by atoms with Gasteiger partial charge in [-0.1, -0.05) is 29.3 Å². The van der Waals surface area contributed by atoms with Gasteiger partial charge >= 0.3 is 12.1 Å². The summed E-state index contributed by atoms with van der Waals surface area (Å²) in [5.74, 6) is -4.65. The van der Waals surface area contributed by atoms with Crippen LogP contribution in [0.1, 0.15) is 11.3 Å². The number of morpholine rings is 1. The number of amides is 1. The second kappa shape index (κ2) is 11.3. The Labute approximate surface area is 206 Å².